The Morgan fingerprint density at radius 1 is 1.00 bits per heavy atom. The van der Waals surface area contributed by atoms with E-state index in [4.69, 9.17) is 0 Å². The van der Waals surface area contributed by atoms with Crippen molar-refractivity contribution in [2.75, 3.05) is 10.6 Å². The number of hydrogen-bond acceptors (Lipinski definition) is 2. The summed E-state index contributed by atoms with van der Waals surface area (Å²) >= 11 is 0. The van der Waals surface area contributed by atoms with E-state index < -0.39 is 0 Å². The zero-order valence-electron chi connectivity index (χ0n) is 12.4. The lowest BCUT2D eigenvalue weighted by Crippen LogP contribution is -2.29. The molecule has 2 nitrogen and oxygen atoms in total. The number of nitrogens with one attached hydrogen (secondary N) is 2. The van der Waals surface area contributed by atoms with Crippen LogP contribution in [-0.4, -0.2) is 6.04 Å². The van der Waals surface area contributed by atoms with Crippen LogP contribution in [0, 0.1) is 13.8 Å². The van der Waals surface area contributed by atoms with Crippen molar-refractivity contribution in [3.63, 3.8) is 0 Å². The maximum absolute atomic E-state index is 3.72. The molecule has 104 valence electrons. The average Bonchev–Trinajstić information content (AvgIpc) is 2.42. The van der Waals surface area contributed by atoms with Gasteiger partial charge in [0, 0.05) is 17.4 Å². The molecule has 0 spiro atoms. The van der Waals surface area contributed by atoms with E-state index in [0.717, 1.165) is 6.42 Å². The van der Waals surface area contributed by atoms with Crippen molar-refractivity contribution in [1.82, 2.24) is 0 Å². The van der Waals surface area contributed by atoms with Gasteiger partial charge in [0.2, 0.25) is 0 Å². The highest BCUT2D eigenvalue weighted by atomic mass is 15.0. The molecule has 2 N–H and O–H groups in total. The lowest BCUT2D eigenvalue weighted by molar-refractivity contribution is 0.598. The quantitative estimate of drug-likeness (QED) is 0.826. The Morgan fingerprint density at radius 2 is 1.75 bits per heavy atom. The fourth-order valence-electron chi connectivity index (χ4n) is 3.02. The average molecular weight is 266 g/mol. The van der Waals surface area contributed by atoms with Crippen molar-refractivity contribution < 1.29 is 0 Å². The molecule has 0 saturated carbocycles. The summed E-state index contributed by atoms with van der Waals surface area (Å²) in [5, 5.41) is 7.34. The molecule has 2 atom stereocenters. The molecule has 0 saturated heterocycles. The number of aryl methyl sites for hydroxylation is 2. The van der Waals surface area contributed by atoms with Crippen molar-refractivity contribution in [1.29, 1.82) is 0 Å². The topological polar surface area (TPSA) is 24.1 Å². The number of para-hydroxylation sites is 2. The van der Waals surface area contributed by atoms with Crippen molar-refractivity contribution >= 4 is 11.4 Å². The zero-order valence-corrected chi connectivity index (χ0v) is 12.4. The Hall–Kier alpha value is -1.96. The summed E-state index contributed by atoms with van der Waals surface area (Å²) in [5.74, 6) is 0. The van der Waals surface area contributed by atoms with E-state index in [2.05, 4.69) is 73.9 Å². The maximum atomic E-state index is 3.72. The van der Waals surface area contributed by atoms with Crippen LogP contribution in [0.25, 0.3) is 0 Å². The minimum Gasteiger partial charge on any atom is -0.382 e. The zero-order chi connectivity index (χ0) is 14.1. The monoisotopic (exact) mass is 266 g/mol. The summed E-state index contributed by atoms with van der Waals surface area (Å²) in [6, 6.07) is 15.9. The molecule has 2 unspecified atom stereocenters. The predicted molar refractivity (Wildman–Crippen MR) is 86.4 cm³/mol. The largest absolute Gasteiger partial charge is 0.382 e. The standard InChI is InChI=1S/C18H22N2/c1-12-7-4-5-10-16(12)20-17-11-14(3)19-18-13(2)8-6-9-15(17)18/h4-10,14,17,19-20H,11H2,1-3H3. The van der Waals surface area contributed by atoms with Crippen LogP contribution in [0.2, 0.25) is 0 Å². The number of fused-ring (bicyclic) bond motifs is 1. The molecular formula is C18H22N2. The van der Waals surface area contributed by atoms with Crippen LogP contribution in [0.15, 0.2) is 42.5 Å². The molecule has 2 aromatic carbocycles. The van der Waals surface area contributed by atoms with Crippen LogP contribution in [-0.2, 0) is 0 Å². The summed E-state index contributed by atoms with van der Waals surface area (Å²) in [6.45, 7) is 6.58. The first-order chi connectivity index (χ1) is 9.65. The minimum absolute atomic E-state index is 0.377. The van der Waals surface area contributed by atoms with E-state index in [0.29, 0.717) is 12.1 Å². The highest BCUT2D eigenvalue weighted by molar-refractivity contribution is 5.63. The molecule has 0 fully saturated rings. The van der Waals surface area contributed by atoms with Crippen molar-refractivity contribution in [2.45, 2.75) is 39.3 Å². The molecule has 1 aliphatic heterocycles. The first-order valence-corrected chi connectivity index (χ1v) is 7.33. The van der Waals surface area contributed by atoms with Gasteiger partial charge in [0.25, 0.3) is 0 Å². The Morgan fingerprint density at radius 3 is 2.55 bits per heavy atom. The van der Waals surface area contributed by atoms with E-state index in [1.807, 2.05) is 0 Å². The molecule has 0 amide bonds. The fraction of sp³-hybridized carbons (Fsp3) is 0.333. The van der Waals surface area contributed by atoms with Gasteiger partial charge < -0.3 is 10.6 Å². The van der Waals surface area contributed by atoms with Gasteiger partial charge in [0.05, 0.1) is 6.04 Å². The van der Waals surface area contributed by atoms with Gasteiger partial charge in [-0.15, -0.1) is 0 Å². The molecule has 0 aliphatic carbocycles. The first kappa shape index (κ1) is 13.0. The van der Waals surface area contributed by atoms with Crippen LogP contribution in [0.1, 0.15) is 36.1 Å². The first-order valence-electron chi connectivity index (χ1n) is 7.33. The second-order valence-corrected chi connectivity index (χ2v) is 5.83. The Balaban J connectivity index is 1.96. The smallest absolute Gasteiger partial charge is 0.0553 e. The third-order valence-corrected chi connectivity index (χ3v) is 4.14. The second-order valence-electron chi connectivity index (χ2n) is 5.83. The minimum atomic E-state index is 0.377. The van der Waals surface area contributed by atoms with Crippen LogP contribution in [0.3, 0.4) is 0 Å². The summed E-state index contributed by atoms with van der Waals surface area (Å²) in [7, 11) is 0. The Kier molecular flexibility index (Phi) is 3.39. The molecule has 0 bridgehead atoms. The van der Waals surface area contributed by atoms with E-state index in [9.17, 15) is 0 Å². The molecular weight excluding hydrogens is 244 g/mol. The molecule has 2 aromatic rings. The number of anilines is 2. The van der Waals surface area contributed by atoms with Crippen LogP contribution >= 0.6 is 0 Å². The van der Waals surface area contributed by atoms with Gasteiger partial charge in [-0.3, -0.25) is 0 Å². The second kappa shape index (κ2) is 5.20. The van der Waals surface area contributed by atoms with E-state index >= 15 is 0 Å². The molecule has 3 rings (SSSR count). The van der Waals surface area contributed by atoms with Crippen LogP contribution in [0.5, 0.6) is 0 Å². The van der Waals surface area contributed by atoms with E-state index in [1.54, 1.807) is 0 Å². The summed E-state index contributed by atoms with van der Waals surface area (Å²) in [5.41, 5.74) is 6.54. The van der Waals surface area contributed by atoms with Crippen molar-refractivity contribution in [3.05, 3.63) is 59.2 Å². The number of hydrogen-bond donors (Lipinski definition) is 2. The Labute approximate surface area is 121 Å². The highest BCUT2D eigenvalue weighted by Crippen LogP contribution is 2.37. The SMILES string of the molecule is Cc1ccccc1NC1CC(C)Nc2c(C)cccc21. The molecule has 2 heteroatoms. The Bertz CT molecular complexity index is 619. The van der Waals surface area contributed by atoms with E-state index in [1.165, 1.54) is 28.1 Å². The highest BCUT2D eigenvalue weighted by Gasteiger charge is 2.25. The third-order valence-electron chi connectivity index (χ3n) is 4.14. The number of benzene rings is 2. The number of rotatable bonds is 2. The fourth-order valence-corrected chi connectivity index (χ4v) is 3.02. The van der Waals surface area contributed by atoms with Gasteiger partial charge in [0.1, 0.15) is 0 Å². The van der Waals surface area contributed by atoms with Crippen LogP contribution < -0.4 is 10.6 Å². The van der Waals surface area contributed by atoms with Crippen molar-refractivity contribution in [3.8, 4) is 0 Å². The predicted octanol–water partition coefficient (Wildman–Crippen LogP) is 4.66. The van der Waals surface area contributed by atoms with Gasteiger partial charge in [-0.1, -0.05) is 36.4 Å². The van der Waals surface area contributed by atoms with Gasteiger partial charge >= 0.3 is 0 Å². The molecule has 1 aliphatic rings. The molecule has 0 radical (unpaired) electrons. The maximum Gasteiger partial charge on any atom is 0.0553 e. The van der Waals surface area contributed by atoms with Gasteiger partial charge in [-0.05, 0) is 49.9 Å². The third kappa shape index (κ3) is 2.38. The van der Waals surface area contributed by atoms with E-state index in [-0.39, 0.29) is 0 Å². The summed E-state index contributed by atoms with van der Waals surface area (Å²) in [4.78, 5) is 0. The van der Waals surface area contributed by atoms with Gasteiger partial charge in [-0.2, -0.15) is 0 Å². The summed E-state index contributed by atoms with van der Waals surface area (Å²) in [6.07, 6.45) is 1.10. The van der Waals surface area contributed by atoms with Gasteiger partial charge in [0.15, 0.2) is 0 Å². The lowest BCUT2D eigenvalue weighted by Gasteiger charge is -2.34. The van der Waals surface area contributed by atoms with Crippen LogP contribution in [0.4, 0.5) is 11.4 Å². The summed E-state index contributed by atoms with van der Waals surface area (Å²) < 4.78 is 0. The van der Waals surface area contributed by atoms with Crippen molar-refractivity contribution in [2.24, 2.45) is 0 Å². The lowest BCUT2D eigenvalue weighted by atomic mass is 9.91. The molecule has 20 heavy (non-hydrogen) atoms. The normalized spacial score (nSPS) is 20.9. The molecule has 1 heterocycles. The molecule has 0 aromatic heterocycles. The van der Waals surface area contributed by atoms with Gasteiger partial charge in [-0.25, -0.2) is 0 Å².